The van der Waals surface area contributed by atoms with Gasteiger partial charge >= 0.3 is 5.97 Å². The molecular weight excluding hydrogens is 316 g/mol. The number of nitrogens with one attached hydrogen (secondary N) is 1. The lowest BCUT2D eigenvalue weighted by molar-refractivity contribution is -0.148. The minimum Gasteiger partial charge on any atom is -0.480 e. The summed E-state index contributed by atoms with van der Waals surface area (Å²) in [4.78, 5) is 28.3. The maximum atomic E-state index is 12.4. The largest absolute Gasteiger partial charge is 0.480 e. The summed E-state index contributed by atoms with van der Waals surface area (Å²) in [5.41, 5.74) is -0.109. The third-order valence-corrected chi connectivity index (χ3v) is 4.76. The Bertz CT molecular complexity index is 708. The van der Waals surface area contributed by atoms with Gasteiger partial charge in [0, 0.05) is 37.0 Å². The molecule has 0 unspecified atom stereocenters. The van der Waals surface area contributed by atoms with E-state index in [0.29, 0.717) is 13.2 Å². The van der Waals surface area contributed by atoms with Crippen LogP contribution >= 0.6 is 11.3 Å². The lowest BCUT2D eigenvalue weighted by atomic mass is 9.90. The van der Waals surface area contributed by atoms with Gasteiger partial charge in [-0.15, -0.1) is 11.3 Å². The van der Waals surface area contributed by atoms with E-state index in [1.54, 1.807) is 5.38 Å². The topological polar surface area (TPSA) is 88.5 Å². The second kappa shape index (κ2) is 6.47. The molecule has 0 aliphatic carbocycles. The fourth-order valence-corrected chi connectivity index (χ4v) is 3.29. The van der Waals surface area contributed by atoms with Crippen LogP contribution in [0.25, 0.3) is 10.6 Å². The van der Waals surface area contributed by atoms with Crippen molar-refractivity contribution in [3.05, 3.63) is 41.4 Å². The van der Waals surface area contributed by atoms with Crippen LogP contribution in [0.4, 0.5) is 0 Å². The minimum atomic E-state index is -1.27. The van der Waals surface area contributed by atoms with Crippen LogP contribution in [0.1, 0.15) is 23.3 Å². The van der Waals surface area contributed by atoms with Crippen LogP contribution < -0.4 is 5.32 Å². The zero-order chi connectivity index (χ0) is 16.3. The zero-order valence-corrected chi connectivity index (χ0v) is 13.1. The first-order chi connectivity index (χ1) is 11.1. The van der Waals surface area contributed by atoms with Crippen molar-refractivity contribution in [3.63, 3.8) is 0 Å². The lowest BCUT2D eigenvalue weighted by Gasteiger charge is -2.33. The molecule has 1 aliphatic heterocycles. The molecule has 6 nitrogen and oxygen atoms in total. The van der Waals surface area contributed by atoms with Crippen molar-refractivity contribution in [3.8, 4) is 10.6 Å². The second-order valence-electron chi connectivity index (χ2n) is 5.36. The number of carbonyl (C=O) groups excluding carboxylic acids is 1. The number of hydrogen-bond donors (Lipinski definition) is 2. The predicted molar refractivity (Wildman–Crippen MR) is 85.4 cm³/mol. The molecule has 1 amide bonds. The molecule has 0 bridgehead atoms. The first kappa shape index (κ1) is 15.6. The molecule has 120 valence electrons. The number of amides is 1. The van der Waals surface area contributed by atoms with Gasteiger partial charge in [-0.1, -0.05) is 30.3 Å². The SMILES string of the molecule is O=C(NC1(C(=O)O)CCOCC1)c1csc(-c2ccccc2)n1. The van der Waals surface area contributed by atoms with E-state index in [9.17, 15) is 14.7 Å². The Kier molecular flexibility index (Phi) is 4.40. The molecule has 2 N–H and O–H groups in total. The van der Waals surface area contributed by atoms with E-state index in [4.69, 9.17) is 4.74 Å². The summed E-state index contributed by atoms with van der Waals surface area (Å²) in [6.07, 6.45) is 0.507. The Labute approximate surface area is 137 Å². The Hall–Kier alpha value is -2.25. The standard InChI is InChI=1S/C16H16N2O4S/c19-13(18-16(15(20)21)6-8-22-9-7-16)12-10-23-14(17-12)11-4-2-1-3-5-11/h1-5,10H,6-9H2,(H,18,19)(H,20,21). The maximum absolute atomic E-state index is 12.4. The molecule has 1 aromatic carbocycles. The molecule has 2 aromatic rings. The molecule has 3 rings (SSSR count). The third-order valence-electron chi connectivity index (χ3n) is 3.87. The van der Waals surface area contributed by atoms with E-state index in [-0.39, 0.29) is 18.5 Å². The molecule has 1 aromatic heterocycles. The number of benzene rings is 1. The van der Waals surface area contributed by atoms with E-state index in [1.165, 1.54) is 11.3 Å². The molecule has 2 heterocycles. The number of aliphatic carboxylic acids is 1. The summed E-state index contributed by atoms with van der Waals surface area (Å²) < 4.78 is 5.20. The van der Waals surface area contributed by atoms with Gasteiger partial charge in [0.15, 0.2) is 0 Å². The van der Waals surface area contributed by atoms with Crippen LogP contribution in [0.3, 0.4) is 0 Å². The van der Waals surface area contributed by atoms with E-state index in [1.807, 2.05) is 30.3 Å². The van der Waals surface area contributed by atoms with Crippen LogP contribution in [0.15, 0.2) is 35.7 Å². The average molecular weight is 332 g/mol. The highest BCUT2D eigenvalue weighted by Gasteiger charge is 2.42. The Morgan fingerprint density at radius 3 is 2.57 bits per heavy atom. The molecule has 1 fully saturated rings. The number of hydrogen-bond acceptors (Lipinski definition) is 5. The Balaban J connectivity index is 1.78. The van der Waals surface area contributed by atoms with Gasteiger partial charge in [0.2, 0.25) is 0 Å². The van der Waals surface area contributed by atoms with E-state index < -0.39 is 17.4 Å². The average Bonchev–Trinajstić information content (AvgIpc) is 3.06. The van der Waals surface area contributed by atoms with E-state index >= 15 is 0 Å². The van der Waals surface area contributed by atoms with Crippen LogP contribution in [0.2, 0.25) is 0 Å². The molecule has 0 saturated carbocycles. The number of rotatable bonds is 4. The highest BCUT2D eigenvalue weighted by atomic mass is 32.1. The van der Waals surface area contributed by atoms with Crippen molar-refractivity contribution in [2.75, 3.05) is 13.2 Å². The van der Waals surface area contributed by atoms with Gasteiger partial charge in [0.25, 0.3) is 5.91 Å². The fraction of sp³-hybridized carbons (Fsp3) is 0.312. The number of nitrogens with zero attached hydrogens (tertiary/aromatic N) is 1. The number of carboxylic acid groups (broad SMARTS) is 1. The number of thiazole rings is 1. The van der Waals surface area contributed by atoms with Crippen molar-refractivity contribution in [2.45, 2.75) is 18.4 Å². The maximum Gasteiger partial charge on any atom is 0.329 e. The van der Waals surface area contributed by atoms with Crippen molar-refractivity contribution in [1.82, 2.24) is 10.3 Å². The van der Waals surface area contributed by atoms with Crippen LogP contribution in [-0.4, -0.2) is 40.7 Å². The normalized spacial score (nSPS) is 16.7. The molecular formula is C16H16N2O4S. The Morgan fingerprint density at radius 2 is 1.91 bits per heavy atom. The van der Waals surface area contributed by atoms with Gasteiger partial charge in [-0.25, -0.2) is 9.78 Å². The van der Waals surface area contributed by atoms with Gasteiger partial charge in [-0.05, 0) is 0 Å². The third kappa shape index (κ3) is 3.25. The van der Waals surface area contributed by atoms with Crippen LogP contribution in [0, 0.1) is 0 Å². The number of carboxylic acids is 1. The van der Waals surface area contributed by atoms with Crippen LogP contribution in [0.5, 0.6) is 0 Å². The first-order valence-electron chi connectivity index (χ1n) is 7.25. The van der Waals surface area contributed by atoms with Gasteiger partial charge in [0.05, 0.1) is 0 Å². The van der Waals surface area contributed by atoms with Gasteiger partial charge < -0.3 is 15.2 Å². The lowest BCUT2D eigenvalue weighted by Crippen LogP contribution is -2.57. The van der Waals surface area contributed by atoms with Crippen molar-refractivity contribution < 1.29 is 19.4 Å². The van der Waals surface area contributed by atoms with Crippen LogP contribution in [-0.2, 0) is 9.53 Å². The highest BCUT2D eigenvalue weighted by molar-refractivity contribution is 7.13. The van der Waals surface area contributed by atoms with Crippen molar-refractivity contribution in [2.24, 2.45) is 0 Å². The predicted octanol–water partition coefficient (Wildman–Crippen LogP) is 2.17. The number of aromatic nitrogens is 1. The summed E-state index contributed by atoms with van der Waals surface area (Å²) in [6.45, 7) is 0.637. The van der Waals surface area contributed by atoms with Gasteiger partial charge in [-0.2, -0.15) is 0 Å². The summed E-state index contributed by atoms with van der Waals surface area (Å²) in [6, 6.07) is 9.54. The van der Waals surface area contributed by atoms with Crippen molar-refractivity contribution >= 4 is 23.2 Å². The number of carbonyl (C=O) groups is 2. The smallest absolute Gasteiger partial charge is 0.329 e. The summed E-state index contributed by atoms with van der Waals surface area (Å²) >= 11 is 1.36. The minimum absolute atomic E-state index is 0.237. The Morgan fingerprint density at radius 1 is 1.22 bits per heavy atom. The van der Waals surface area contributed by atoms with E-state index in [0.717, 1.165) is 10.6 Å². The quantitative estimate of drug-likeness (QED) is 0.896. The van der Waals surface area contributed by atoms with Gasteiger partial charge in [0.1, 0.15) is 16.2 Å². The molecule has 23 heavy (non-hydrogen) atoms. The summed E-state index contributed by atoms with van der Waals surface area (Å²) in [5, 5.41) is 14.5. The zero-order valence-electron chi connectivity index (χ0n) is 12.3. The monoisotopic (exact) mass is 332 g/mol. The molecule has 0 spiro atoms. The van der Waals surface area contributed by atoms with Gasteiger partial charge in [-0.3, -0.25) is 4.79 Å². The van der Waals surface area contributed by atoms with E-state index in [2.05, 4.69) is 10.3 Å². The second-order valence-corrected chi connectivity index (χ2v) is 6.22. The molecule has 1 aliphatic rings. The van der Waals surface area contributed by atoms with Crippen molar-refractivity contribution in [1.29, 1.82) is 0 Å². The first-order valence-corrected chi connectivity index (χ1v) is 8.13. The fourth-order valence-electron chi connectivity index (χ4n) is 2.48. The molecule has 7 heteroatoms. The summed E-state index contributed by atoms with van der Waals surface area (Å²) in [5.74, 6) is -1.50. The molecule has 0 atom stereocenters. The molecule has 0 radical (unpaired) electrons. The summed E-state index contributed by atoms with van der Waals surface area (Å²) in [7, 11) is 0. The number of ether oxygens (including phenoxy) is 1. The molecule has 1 saturated heterocycles. The highest BCUT2D eigenvalue weighted by Crippen LogP contribution is 2.25.